The van der Waals surface area contributed by atoms with Crippen LogP contribution in [-0.2, 0) is 22.7 Å². The van der Waals surface area contributed by atoms with Gasteiger partial charge in [0, 0.05) is 0 Å². The van der Waals surface area contributed by atoms with Crippen molar-refractivity contribution < 1.29 is 47.6 Å². The summed E-state index contributed by atoms with van der Waals surface area (Å²) in [6.45, 7) is 1.18. The van der Waals surface area contributed by atoms with Crippen LogP contribution in [0.3, 0.4) is 0 Å². The Balaban J connectivity index is 1.81. The van der Waals surface area contributed by atoms with Gasteiger partial charge in [0.2, 0.25) is 0 Å². The van der Waals surface area contributed by atoms with Gasteiger partial charge in [0.25, 0.3) is 0 Å². The molecule has 0 aliphatic carbocycles. The van der Waals surface area contributed by atoms with Crippen molar-refractivity contribution in [1.82, 2.24) is 19.5 Å². The van der Waals surface area contributed by atoms with Crippen molar-refractivity contribution >= 4 is 32.6 Å². The van der Waals surface area contributed by atoms with Crippen LogP contribution in [0.15, 0.2) is 12.7 Å². The number of aromatic nitrogens is 4. The zero-order valence-electron chi connectivity index (χ0n) is 14.1. The molecule has 0 aromatic carbocycles. The molecule has 1 fully saturated rings. The van der Waals surface area contributed by atoms with Crippen molar-refractivity contribution in [3.8, 4) is 0 Å². The van der Waals surface area contributed by atoms with Crippen molar-refractivity contribution in [2.45, 2.75) is 37.6 Å². The highest BCUT2D eigenvalue weighted by atomic mass is 31.3. The Morgan fingerprint density at radius 1 is 1.21 bits per heavy atom. The molecule has 1 aliphatic rings. The van der Waals surface area contributed by atoms with E-state index in [0.717, 1.165) is 6.33 Å². The second kappa shape index (κ2) is 7.39. The monoisotopic (exact) mass is 441 g/mol. The van der Waals surface area contributed by atoms with Crippen LogP contribution in [0.5, 0.6) is 0 Å². The van der Waals surface area contributed by atoms with Crippen LogP contribution in [-0.4, -0.2) is 68.8 Å². The first kappa shape index (κ1) is 21.2. The molecule has 0 spiro atoms. The zero-order valence-corrected chi connectivity index (χ0v) is 15.9. The summed E-state index contributed by atoms with van der Waals surface area (Å²) in [6, 6.07) is 0. The summed E-state index contributed by atoms with van der Waals surface area (Å²) >= 11 is 0. The number of anilines is 1. The first-order valence-electron chi connectivity index (χ1n) is 7.62. The minimum atomic E-state index is -5.32. The molecule has 0 radical (unpaired) electrons. The molecule has 17 heteroatoms. The van der Waals surface area contributed by atoms with Crippen LogP contribution >= 0.6 is 15.6 Å². The smallest absolute Gasteiger partial charge is 0.387 e. The van der Waals surface area contributed by atoms with Crippen LogP contribution in [0.1, 0.15) is 13.2 Å². The molecule has 3 rings (SSSR count). The summed E-state index contributed by atoms with van der Waals surface area (Å²) in [4.78, 5) is 38.5. The Labute approximate surface area is 156 Å². The fourth-order valence-corrected chi connectivity index (χ4v) is 4.55. The maximum absolute atomic E-state index is 11.7. The lowest BCUT2D eigenvalue weighted by Crippen LogP contribution is -2.38. The number of ether oxygens (including phenoxy) is 1. The minimum absolute atomic E-state index is 0.0841. The zero-order chi connectivity index (χ0) is 20.9. The Morgan fingerprint density at radius 3 is 2.54 bits per heavy atom. The third-order valence-electron chi connectivity index (χ3n) is 3.91. The van der Waals surface area contributed by atoms with Crippen LogP contribution in [0, 0.1) is 0 Å². The van der Waals surface area contributed by atoms with Gasteiger partial charge >= 0.3 is 15.6 Å². The van der Waals surface area contributed by atoms with Crippen molar-refractivity contribution in [2.75, 3.05) is 5.73 Å². The highest BCUT2D eigenvalue weighted by Crippen LogP contribution is 2.58. The number of phosphoric acid groups is 2. The van der Waals surface area contributed by atoms with Gasteiger partial charge in [0.1, 0.15) is 30.2 Å². The molecule has 1 aliphatic heterocycles. The van der Waals surface area contributed by atoms with Gasteiger partial charge in [-0.05, 0) is 6.92 Å². The number of imidazole rings is 1. The Hall–Kier alpha value is -1.51. The highest BCUT2D eigenvalue weighted by molar-refractivity contribution is 7.60. The predicted molar refractivity (Wildman–Crippen MR) is 89.2 cm³/mol. The molecule has 1 saturated heterocycles. The summed E-state index contributed by atoms with van der Waals surface area (Å²) in [5.74, 6) is 0.0841. The molecule has 0 amide bonds. The number of rotatable bonds is 6. The lowest BCUT2D eigenvalue weighted by Gasteiger charge is -2.24. The number of aliphatic hydroxyl groups is 2. The van der Waals surface area contributed by atoms with E-state index in [2.05, 4.69) is 23.8 Å². The molecule has 28 heavy (non-hydrogen) atoms. The fourth-order valence-electron chi connectivity index (χ4n) is 2.78. The normalized spacial score (nSPS) is 29.1. The third kappa shape index (κ3) is 4.23. The van der Waals surface area contributed by atoms with Crippen LogP contribution in [0.2, 0.25) is 0 Å². The summed E-state index contributed by atoms with van der Waals surface area (Å²) < 4.78 is 37.5. The molecule has 7 N–H and O–H groups in total. The van der Waals surface area contributed by atoms with Gasteiger partial charge in [-0.1, -0.05) is 0 Å². The molecule has 156 valence electrons. The summed E-state index contributed by atoms with van der Waals surface area (Å²) in [5, 5.41) is 20.6. The SMILES string of the molecule is C[C@@H](OP(=O)(O)OP(=O)(O)O)[C@H]1OC(n2cnc3c(N)ncnc32)[C@H](O)[C@@H]1O. The lowest BCUT2D eigenvalue weighted by atomic mass is 10.1. The molecular formula is C11H17N5O10P2. The van der Waals surface area contributed by atoms with Gasteiger partial charge < -0.3 is 35.4 Å². The number of aliphatic hydroxyl groups excluding tert-OH is 2. The quantitative estimate of drug-likeness (QED) is 0.284. The van der Waals surface area contributed by atoms with Gasteiger partial charge in [0.15, 0.2) is 17.7 Å². The van der Waals surface area contributed by atoms with E-state index >= 15 is 0 Å². The van der Waals surface area contributed by atoms with Crippen molar-refractivity contribution in [3.63, 3.8) is 0 Å². The van der Waals surface area contributed by atoms with Gasteiger partial charge in [-0.2, -0.15) is 4.31 Å². The average Bonchev–Trinajstić information content (AvgIpc) is 3.08. The van der Waals surface area contributed by atoms with E-state index in [1.165, 1.54) is 17.8 Å². The molecule has 2 aromatic heterocycles. The van der Waals surface area contributed by atoms with E-state index in [4.69, 9.17) is 20.3 Å². The molecule has 2 aromatic rings. The minimum Gasteiger partial charge on any atom is -0.387 e. The maximum atomic E-state index is 11.7. The standard InChI is InChI=1S/C11H17N5O10P2/c1-4(25-28(22,23)26-27(19,20)21)8-6(17)7(18)11(24-8)16-3-15-5-9(12)13-2-14-10(5)16/h2-4,6-8,11,17-18H,1H3,(H,22,23)(H2,12,13,14)(H2,19,20,21)/t4-,6+,7-,8-,11?/m1/s1. The van der Waals surface area contributed by atoms with E-state index < -0.39 is 46.3 Å². The Kier molecular flexibility index (Phi) is 5.59. The first-order chi connectivity index (χ1) is 12.9. The number of hydrogen-bond donors (Lipinski definition) is 6. The van der Waals surface area contributed by atoms with Gasteiger partial charge in [-0.15, -0.1) is 0 Å². The number of hydrogen-bond acceptors (Lipinski definition) is 11. The fraction of sp³-hybridized carbons (Fsp3) is 0.545. The summed E-state index contributed by atoms with van der Waals surface area (Å²) in [7, 11) is -10.5. The molecule has 15 nitrogen and oxygen atoms in total. The largest absolute Gasteiger partial charge is 0.481 e. The summed E-state index contributed by atoms with van der Waals surface area (Å²) in [6.07, 6.45) is -4.69. The molecule has 2 unspecified atom stereocenters. The number of nitrogens with two attached hydrogens (primary N) is 1. The molecule has 0 saturated carbocycles. The maximum Gasteiger partial charge on any atom is 0.481 e. The van der Waals surface area contributed by atoms with Gasteiger partial charge in [-0.25, -0.2) is 24.1 Å². The van der Waals surface area contributed by atoms with Crippen LogP contribution in [0.25, 0.3) is 11.2 Å². The number of fused-ring (bicyclic) bond motifs is 1. The Morgan fingerprint density at radius 2 is 1.89 bits per heavy atom. The molecule has 0 bridgehead atoms. The number of nitrogens with zero attached hydrogens (tertiary/aromatic N) is 4. The average molecular weight is 441 g/mol. The topological polar surface area (TPSA) is 233 Å². The second-order valence-electron chi connectivity index (χ2n) is 5.91. The van der Waals surface area contributed by atoms with E-state index in [1.807, 2.05) is 0 Å². The first-order valence-corrected chi connectivity index (χ1v) is 10.6. The van der Waals surface area contributed by atoms with Gasteiger partial charge in [-0.3, -0.25) is 9.09 Å². The van der Waals surface area contributed by atoms with Crippen molar-refractivity contribution in [3.05, 3.63) is 12.7 Å². The van der Waals surface area contributed by atoms with E-state index in [9.17, 15) is 24.2 Å². The van der Waals surface area contributed by atoms with Crippen molar-refractivity contribution in [2.24, 2.45) is 0 Å². The lowest BCUT2D eigenvalue weighted by molar-refractivity contribution is -0.0755. The number of nitrogen functional groups attached to an aromatic ring is 1. The number of phosphoric ester groups is 1. The van der Waals surface area contributed by atoms with Gasteiger partial charge in [0.05, 0.1) is 12.4 Å². The van der Waals surface area contributed by atoms with Crippen LogP contribution < -0.4 is 5.73 Å². The predicted octanol–water partition coefficient (Wildman–Crippen LogP) is -1.36. The molecule has 6 atom stereocenters. The molecule has 3 heterocycles. The summed E-state index contributed by atoms with van der Waals surface area (Å²) in [5.41, 5.74) is 6.13. The third-order valence-corrected chi connectivity index (χ3v) is 6.18. The van der Waals surface area contributed by atoms with Crippen molar-refractivity contribution in [1.29, 1.82) is 0 Å². The Bertz CT molecular complexity index is 964. The molecular weight excluding hydrogens is 424 g/mol. The van der Waals surface area contributed by atoms with Crippen LogP contribution in [0.4, 0.5) is 5.82 Å². The van der Waals surface area contributed by atoms with E-state index in [-0.39, 0.29) is 17.0 Å². The second-order valence-corrected chi connectivity index (χ2v) is 8.69. The highest BCUT2D eigenvalue weighted by Gasteiger charge is 2.49. The van der Waals surface area contributed by atoms with E-state index in [0.29, 0.717) is 0 Å². The van der Waals surface area contributed by atoms with E-state index in [1.54, 1.807) is 0 Å².